The highest BCUT2D eigenvalue weighted by Crippen LogP contribution is 2.38. The third-order valence-electron chi connectivity index (χ3n) is 2.17. The highest BCUT2D eigenvalue weighted by molar-refractivity contribution is 7.81. The lowest BCUT2D eigenvalue weighted by Gasteiger charge is -2.32. The summed E-state index contributed by atoms with van der Waals surface area (Å²) in [5, 5.41) is -4.30. The fourth-order valence-electron chi connectivity index (χ4n) is 1.11. The molecule has 0 aromatic heterocycles. The predicted molar refractivity (Wildman–Crippen MR) is 66.6 cm³/mol. The number of rotatable bonds is 8. The Hall–Kier alpha value is -1.64. The number of esters is 2. The van der Waals surface area contributed by atoms with E-state index in [4.69, 9.17) is 0 Å². The molecule has 0 N–H and O–H groups in total. The minimum Gasteiger partial charge on any atom is -0.460 e. The normalized spacial score (nSPS) is 15.2. The Bertz CT molecular complexity index is 540. The molecular weight excluding hydrogens is 415 g/mol. The van der Waals surface area contributed by atoms with E-state index in [0.29, 0.717) is 0 Å². The molecular formula is C11H9F9O5S. The van der Waals surface area contributed by atoms with Crippen LogP contribution in [0.5, 0.6) is 0 Å². The molecule has 0 fully saturated rings. The van der Waals surface area contributed by atoms with Crippen LogP contribution in [0, 0.1) is 0 Å². The Labute approximate surface area is 144 Å². The third-order valence-corrected chi connectivity index (χ3v) is 2.30. The molecule has 1 unspecified atom stereocenters. The van der Waals surface area contributed by atoms with Crippen LogP contribution in [-0.4, -0.2) is 48.5 Å². The Morgan fingerprint density at radius 3 is 1.85 bits per heavy atom. The van der Waals surface area contributed by atoms with Gasteiger partial charge in [-0.05, 0) is 0 Å². The molecule has 152 valence electrons. The summed E-state index contributed by atoms with van der Waals surface area (Å²) in [4.78, 5) is 22.5. The molecule has 0 aromatic carbocycles. The SMILES string of the molecule is C=C(F)C(=O)OC(OCC(F)(F)S)(C(=O)OCCC(F)(F)F)C(F)(F)F. The Balaban J connectivity index is 5.73. The van der Waals surface area contributed by atoms with Gasteiger partial charge in [0.2, 0.25) is 5.83 Å². The van der Waals surface area contributed by atoms with E-state index in [2.05, 4.69) is 33.4 Å². The van der Waals surface area contributed by atoms with Crippen molar-refractivity contribution < 1.29 is 63.3 Å². The highest BCUT2D eigenvalue weighted by atomic mass is 32.1. The molecule has 5 nitrogen and oxygen atoms in total. The van der Waals surface area contributed by atoms with E-state index in [0.717, 1.165) is 0 Å². The highest BCUT2D eigenvalue weighted by Gasteiger charge is 2.68. The quantitative estimate of drug-likeness (QED) is 0.213. The van der Waals surface area contributed by atoms with Crippen molar-refractivity contribution in [2.45, 2.75) is 29.8 Å². The first-order valence-corrected chi connectivity index (χ1v) is 6.48. The topological polar surface area (TPSA) is 61.8 Å². The smallest absolute Gasteiger partial charge is 0.460 e. The number of halogens is 9. The number of hydrogen-bond donors (Lipinski definition) is 1. The number of thiol groups is 1. The van der Waals surface area contributed by atoms with Crippen LogP contribution in [0.25, 0.3) is 0 Å². The fourth-order valence-corrected chi connectivity index (χ4v) is 1.18. The van der Waals surface area contributed by atoms with Gasteiger partial charge in [-0.3, -0.25) is 0 Å². The molecule has 0 amide bonds. The van der Waals surface area contributed by atoms with Gasteiger partial charge >= 0.3 is 35.3 Å². The van der Waals surface area contributed by atoms with Crippen LogP contribution in [-0.2, 0) is 23.8 Å². The average Bonchev–Trinajstić information content (AvgIpc) is 2.38. The zero-order valence-corrected chi connectivity index (χ0v) is 13.1. The van der Waals surface area contributed by atoms with E-state index < -0.39 is 60.8 Å². The average molecular weight is 424 g/mol. The number of carbonyl (C=O) groups is 2. The number of alkyl halides is 8. The van der Waals surface area contributed by atoms with Gasteiger partial charge in [-0.25, -0.2) is 9.59 Å². The summed E-state index contributed by atoms with van der Waals surface area (Å²) in [7, 11) is 0. The molecule has 0 aliphatic rings. The summed E-state index contributed by atoms with van der Waals surface area (Å²) in [6.07, 6.45) is -13.0. The Kier molecular flexibility index (Phi) is 7.84. The molecule has 1 atom stereocenters. The third kappa shape index (κ3) is 7.72. The van der Waals surface area contributed by atoms with Crippen molar-refractivity contribution in [2.75, 3.05) is 13.2 Å². The molecule has 0 rings (SSSR count). The van der Waals surface area contributed by atoms with E-state index in [1.165, 1.54) is 0 Å². The molecule has 15 heteroatoms. The van der Waals surface area contributed by atoms with Crippen molar-refractivity contribution in [1.29, 1.82) is 0 Å². The van der Waals surface area contributed by atoms with Crippen LogP contribution in [0.15, 0.2) is 12.4 Å². The molecule has 0 aliphatic heterocycles. The van der Waals surface area contributed by atoms with Crippen molar-refractivity contribution >= 4 is 24.6 Å². The van der Waals surface area contributed by atoms with Gasteiger partial charge in [0, 0.05) is 0 Å². The van der Waals surface area contributed by atoms with Crippen LogP contribution in [0.1, 0.15) is 6.42 Å². The van der Waals surface area contributed by atoms with Gasteiger partial charge in [-0.2, -0.15) is 39.5 Å². The van der Waals surface area contributed by atoms with Crippen molar-refractivity contribution in [3.63, 3.8) is 0 Å². The first-order chi connectivity index (χ1) is 11.4. The molecule has 0 spiro atoms. The summed E-state index contributed by atoms with van der Waals surface area (Å²) < 4.78 is 124. The maximum atomic E-state index is 13.1. The van der Waals surface area contributed by atoms with E-state index in [1.54, 1.807) is 0 Å². The molecule has 0 radical (unpaired) electrons. The van der Waals surface area contributed by atoms with Crippen LogP contribution < -0.4 is 0 Å². The molecule has 0 heterocycles. The molecule has 0 saturated carbocycles. The van der Waals surface area contributed by atoms with Gasteiger partial charge in [0.15, 0.2) is 0 Å². The Morgan fingerprint density at radius 1 is 1.00 bits per heavy atom. The molecule has 0 aromatic rings. The van der Waals surface area contributed by atoms with Crippen molar-refractivity contribution in [3.8, 4) is 0 Å². The number of ether oxygens (including phenoxy) is 3. The number of hydrogen-bond acceptors (Lipinski definition) is 6. The maximum Gasteiger partial charge on any atom is 0.468 e. The largest absolute Gasteiger partial charge is 0.468 e. The first kappa shape index (κ1) is 24.4. The second kappa shape index (κ2) is 8.37. The van der Waals surface area contributed by atoms with Gasteiger partial charge < -0.3 is 14.2 Å². The van der Waals surface area contributed by atoms with E-state index in [-0.39, 0.29) is 0 Å². The molecule has 0 aliphatic carbocycles. The van der Waals surface area contributed by atoms with Gasteiger partial charge in [-0.15, -0.1) is 12.6 Å². The summed E-state index contributed by atoms with van der Waals surface area (Å²) in [6, 6.07) is 0. The van der Waals surface area contributed by atoms with Gasteiger partial charge in [0.25, 0.3) is 0 Å². The monoisotopic (exact) mass is 424 g/mol. The lowest BCUT2D eigenvalue weighted by molar-refractivity contribution is -0.360. The molecule has 0 bridgehead atoms. The fraction of sp³-hybridized carbons (Fsp3) is 0.636. The second-order valence-corrected chi connectivity index (χ2v) is 5.02. The summed E-state index contributed by atoms with van der Waals surface area (Å²) in [5.74, 6) is -12.6. The Morgan fingerprint density at radius 2 is 1.50 bits per heavy atom. The van der Waals surface area contributed by atoms with Gasteiger partial charge in [-0.1, -0.05) is 6.58 Å². The predicted octanol–water partition coefficient (Wildman–Crippen LogP) is 3.31. The van der Waals surface area contributed by atoms with Crippen molar-refractivity contribution in [3.05, 3.63) is 12.4 Å². The van der Waals surface area contributed by atoms with Crippen molar-refractivity contribution in [2.24, 2.45) is 0 Å². The van der Waals surface area contributed by atoms with E-state index in [1.807, 2.05) is 0 Å². The van der Waals surface area contributed by atoms with Crippen LogP contribution >= 0.6 is 12.6 Å². The molecule has 26 heavy (non-hydrogen) atoms. The van der Waals surface area contributed by atoms with E-state index in [9.17, 15) is 49.1 Å². The summed E-state index contributed by atoms with van der Waals surface area (Å²) in [6.45, 7) is -1.75. The lowest BCUT2D eigenvalue weighted by Crippen LogP contribution is -2.59. The summed E-state index contributed by atoms with van der Waals surface area (Å²) in [5.41, 5.74) is 0. The second-order valence-electron chi connectivity index (χ2n) is 4.36. The standard InChI is InChI=1S/C11H9F9O5S/c1-5(12)6(21)25-10(11(18,19)20,24-4-9(16,17)26)7(22)23-3-2-8(13,14)15/h26H,1-4H2. The zero-order valence-electron chi connectivity index (χ0n) is 12.2. The van der Waals surface area contributed by atoms with Crippen LogP contribution in [0.3, 0.4) is 0 Å². The maximum absolute atomic E-state index is 13.1. The van der Waals surface area contributed by atoms with Crippen LogP contribution in [0.4, 0.5) is 39.5 Å². The van der Waals surface area contributed by atoms with Gasteiger partial charge in [0.05, 0.1) is 6.42 Å². The van der Waals surface area contributed by atoms with Crippen molar-refractivity contribution in [1.82, 2.24) is 0 Å². The van der Waals surface area contributed by atoms with Crippen LogP contribution in [0.2, 0.25) is 0 Å². The minimum absolute atomic E-state index is 1.70. The lowest BCUT2D eigenvalue weighted by atomic mass is 10.2. The minimum atomic E-state index is -6.15. The molecule has 0 saturated heterocycles. The van der Waals surface area contributed by atoms with E-state index >= 15 is 0 Å². The summed E-state index contributed by atoms with van der Waals surface area (Å²) >= 11 is 2.51. The van der Waals surface area contributed by atoms with Gasteiger partial charge in [0.1, 0.15) is 13.2 Å². The first-order valence-electron chi connectivity index (χ1n) is 6.04. The number of carbonyl (C=O) groups excluding carboxylic acids is 2. The zero-order chi connectivity index (χ0) is 21.0.